The first kappa shape index (κ1) is 15.3. The Bertz CT molecular complexity index is 551. The molecule has 0 spiro atoms. The van der Waals surface area contributed by atoms with Gasteiger partial charge >= 0.3 is 5.97 Å². The van der Waals surface area contributed by atoms with E-state index >= 15 is 0 Å². The second kappa shape index (κ2) is 7.60. The Labute approximate surface area is 124 Å². The molecule has 0 aliphatic carbocycles. The highest BCUT2D eigenvalue weighted by Gasteiger charge is 2.26. The van der Waals surface area contributed by atoms with Crippen LogP contribution in [-0.2, 0) is 11.2 Å². The fourth-order valence-electron chi connectivity index (χ4n) is 2.55. The number of rotatable bonds is 7. The molecule has 2 unspecified atom stereocenters. The van der Waals surface area contributed by atoms with E-state index in [1.54, 1.807) is 0 Å². The predicted molar refractivity (Wildman–Crippen MR) is 82.2 cm³/mol. The molecule has 0 amide bonds. The van der Waals surface area contributed by atoms with Crippen molar-refractivity contribution in [3.8, 4) is 0 Å². The number of aryl methyl sites for hydroxylation is 1. The zero-order chi connectivity index (χ0) is 15.1. The van der Waals surface area contributed by atoms with Gasteiger partial charge in [-0.05, 0) is 30.4 Å². The van der Waals surface area contributed by atoms with E-state index in [4.69, 9.17) is 5.11 Å². The molecule has 2 aromatic carbocycles. The minimum absolute atomic E-state index is 0.368. The van der Waals surface area contributed by atoms with E-state index < -0.39 is 12.1 Å². The maximum absolute atomic E-state index is 11.1. The SMILES string of the molecule is O=C(O)C(O)C(CCCc1ccccc1)c1ccccc1. The average Bonchev–Trinajstić information content (AvgIpc) is 2.53. The van der Waals surface area contributed by atoms with Crippen LogP contribution in [0.2, 0.25) is 0 Å². The fraction of sp³-hybridized carbons (Fsp3) is 0.278. The quantitative estimate of drug-likeness (QED) is 0.820. The van der Waals surface area contributed by atoms with Gasteiger partial charge in [-0.1, -0.05) is 60.7 Å². The van der Waals surface area contributed by atoms with Crippen molar-refractivity contribution in [1.29, 1.82) is 0 Å². The van der Waals surface area contributed by atoms with Crippen LogP contribution in [0.4, 0.5) is 0 Å². The minimum Gasteiger partial charge on any atom is -0.479 e. The van der Waals surface area contributed by atoms with Gasteiger partial charge in [0.1, 0.15) is 0 Å². The number of hydrogen-bond donors (Lipinski definition) is 2. The van der Waals surface area contributed by atoms with Gasteiger partial charge in [0.05, 0.1) is 0 Å². The van der Waals surface area contributed by atoms with Crippen molar-refractivity contribution in [1.82, 2.24) is 0 Å². The van der Waals surface area contributed by atoms with Gasteiger partial charge in [-0.25, -0.2) is 4.79 Å². The molecular weight excluding hydrogens is 264 g/mol. The van der Waals surface area contributed by atoms with E-state index in [2.05, 4.69) is 12.1 Å². The van der Waals surface area contributed by atoms with E-state index in [-0.39, 0.29) is 5.92 Å². The van der Waals surface area contributed by atoms with Crippen LogP contribution in [0.3, 0.4) is 0 Å². The monoisotopic (exact) mass is 284 g/mol. The molecule has 2 aromatic rings. The van der Waals surface area contributed by atoms with Crippen molar-refractivity contribution in [3.63, 3.8) is 0 Å². The number of carboxylic acid groups (broad SMARTS) is 1. The Kier molecular flexibility index (Phi) is 5.52. The molecule has 3 nitrogen and oxygen atoms in total. The lowest BCUT2D eigenvalue weighted by Gasteiger charge is -2.20. The third-order valence-corrected chi connectivity index (χ3v) is 3.69. The highest BCUT2D eigenvalue weighted by Crippen LogP contribution is 2.26. The van der Waals surface area contributed by atoms with Crippen LogP contribution < -0.4 is 0 Å². The number of benzene rings is 2. The molecule has 2 rings (SSSR count). The molecule has 110 valence electrons. The zero-order valence-electron chi connectivity index (χ0n) is 11.9. The molecule has 0 saturated carbocycles. The van der Waals surface area contributed by atoms with E-state index in [0.717, 1.165) is 18.4 Å². The minimum atomic E-state index is -1.36. The van der Waals surface area contributed by atoms with Crippen LogP contribution in [0.5, 0.6) is 0 Å². The van der Waals surface area contributed by atoms with Gasteiger partial charge in [0, 0.05) is 5.92 Å². The summed E-state index contributed by atoms with van der Waals surface area (Å²) in [5.74, 6) is -1.53. The lowest BCUT2D eigenvalue weighted by molar-refractivity contribution is -0.148. The Morgan fingerprint density at radius 2 is 1.52 bits per heavy atom. The molecule has 0 aromatic heterocycles. The smallest absolute Gasteiger partial charge is 0.333 e. The Balaban J connectivity index is 2.01. The number of aliphatic carboxylic acids is 1. The second-order valence-corrected chi connectivity index (χ2v) is 5.18. The molecule has 0 fully saturated rings. The van der Waals surface area contributed by atoms with Crippen molar-refractivity contribution in [2.24, 2.45) is 0 Å². The number of hydrogen-bond acceptors (Lipinski definition) is 2. The fourth-order valence-corrected chi connectivity index (χ4v) is 2.55. The van der Waals surface area contributed by atoms with Gasteiger partial charge in [-0.3, -0.25) is 0 Å². The standard InChI is InChI=1S/C18H20O3/c19-17(18(20)21)16(15-11-5-2-6-12-15)13-7-10-14-8-3-1-4-9-14/h1-6,8-9,11-12,16-17,19H,7,10,13H2,(H,20,21). The molecule has 3 heteroatoms. The maximum Gasteiger partial charge on any atom is 0.333 e. The first-order valence-corrected chi connectivity index (χ1v) is 7.18. The van der Waals surface area contributed by atoms with Crippen molar-refractivity contribution in [3.05, 3.63) is 71.8 Å². The molecule has 2 N–H and O–H groups in total. The van der Waals surface area contributed by atoms with E-state index in [9.17, 15) is 9.90 Å². The maximum atomic E-state index is 11.1. The lowest BCUT2D eigenvalue weighted by Crippen LogP contribution is -2.27. The molecule has 0 saturated heterocycles. The van der Waals surface area contributed by atoms with Crippen LogP contribution in [-0.4, -0.2) is 22.3 Å². The summed E-state index contributed by atoms with van der Waals surface area (Å²) in [5.41, 5.74) is 2.11. The van der Waals surface area contributed by atoms with E-state index in [1.165, 1.54) is 5.56 Å². The summed E-state index contributed by atoms with van der Waals surface area (Å²) in [6.07, 6.45) is 1.01. The largest absolute Gasteiger partial charge is 0.479 e. The number of aliphatic hydroxyl groups excluding tert-OH is 1. The van der Waals surface area contributed by atoms with Crippen LogP contribution >= 0.6 is 0 Å². The normalized spacial score (nSPS) is 13.6. The zero-order valence-corrected chi connectivity index (χ0v) is 11.9. The molecule has 2 atom stereocenters. The highest BCUT2D eigenvalue weighted by molar-refractivity contribution is 5.73. The molecule has 0 aliphatic heterocycles. The molecule has 0 aliphatic rings. The summed E-state index contributed by atoms with van der Waals surface area (Å²) in [6.45, 7) is 0. The number of carboxylic acids is 1. The van der Waals surface area contributed by atoms with Gasteiger partial charge in [0.15, 0.2) is 6.10 Å². The van der Waals surface area contributed by atoms with Gasteiger partial charge in [-0.15, -0.1) is 0 Å². The Morgan fingerprint density at radius 3 is 2.10 bits per heavy atom. The average molecular weight is 284 g/mol. The third kappa shape index (κ3) is 4.43. The van der Waals surface area contributed by atoms with Crippen molar-refractivity contribution < 1.29 is 15.0 Å². The summed E-state index contributed by atoms with van der Waals surface area (Å²) < 4.78 is 0. The summed E-state index contributed by atoms with van der Waals surface area (Å²) in [7, 11) is 0. The Morgan fingerprint density at radius 1 is 0.952 bits per heavy atom. The summed E-state index contributed by atoms with van der Waals surface area (Å²) in [5, 5.41) is 19.0. The topological polar surface area (TPSA) is 57.5 Å². The summed E-state index contributed by atoms with van der Waals surface area (Å²) >= 11 is 0. The van der Waals surface area contributed by atoms with Crippen LogP contribution in [0, 0.1) is 0 Å². The molecule has 0 bridgehead atoms. The predicted octanol–water partition coefficient (Wildman–Crippen LogP) is 3.24. The van der Waals surface area contributed by atoms with Crippen molar-refractivity contribution >= 4 is 5.97 Å². The molecular formula is C18H20O3. The Hall–Kier alpha value is -2.13. The summed E-state index contributed by atoms with van der Waals surface area (Å²) in [6, 6.07) is 19.5. The van der Waals surface area contributed by atoms with Gasteiger partial charge in [0.25, 0.3) is 0 Å². The van der Waals surface area contributed by atoms with Gasteiger partial charge in [-0.2, -0.15) is 0 Å². The third-order valence-electron chi connectivity index (χ3n) is 3.69. The second-order valence-electron chi connectivity index (χ2n) is 5.18. The molecule has 21 heavy (non-hydrogen) atoms. The van der Waals surface area contributed by atoms with E-state index in [0.29, 0.717) is 6.42 Å². The van der Waals surface area contributed by atoms with Gasteiger partial charge < -0.3 is 10.2 Å². The van der Waals surface area contributed by atoms with Crippen molar-refractivity contribution in [2.75, 3.05) is 0 Å². The van der Waals surface area contributed by atoms with Gasteiger partial charge in [0.2, 0.25) is 0 Å². The first-order valence-electron chi connectivity index (χ1n) is 7.18. The molecule has 0 radical (unpaired) electrons. The van der Waals surface area contributed by atoms with E-state index in [1.807, 2.05) is 48.5 Å². The van der Waals surface area contributed by atoms with Crippen LogP contribution in [0.15, 0.2) is 60.7 Å². The molecule has 0 heterocycles. The first-order chi connectivity index (χ1) is 10.2. The van der Waals surface area contributed by atoms with Crippen LogP contribution in [0.1, 0.15) is 29.9 Å². The van der Waals surface area contributed by atoms with Crippen LogP contribution in [0.25, 0.3) is 0 Å². The van der Waals surface area contributed by atoms with Crippen molar-refractivity contribution in [2.45, 2.75) is 31.3 Å². The number of aliphatic hydroxyl groups is 1. The number of carbonyl (C=O) groups is 1. The highest BCUT2D eigenvalue weighted by atomic mass is 16.4. The summed E-state index contributed by atoms with van der Waals surface area (Å²) in [4.78, 5) is 11.1. The lowest BCUT2D eigenvalue weighted by atomic mass is 9.88.